The third-order valence-electron chi connectivity index (χ3n) is 6.09. The van der Waals surface area contributed by atoms with Gasteiger partial charge in [0, 0.05) is 18.3 Å². The van der Waals surface area contributed by atoms with E-state index in [0.717, 1.165) is 29.7 Å². The molecule has 0 saturated heterocycles. The molecule has 0 bridgehead atoms. The van der Waals surface area contributed by atoms with Gasteiger partial charge in [0.2, 0.25) is 5.82 Å². The molecular weight excluding hydrogens is 470 g/mol. The third kappa shape index (κ3) is 7.04. The summed E-state index contributed by atoms with van der Waals surface area (Å²) in [4.78, 5) is 19.6. The van der Waals surface area contributed by atoms with Gasteiger partial charge in [-0.25, -0.2) is 4.98 Å². The molecule has 0 aliphatic rings. The molecule has 1 amide bonds. The number of para-hydroxylation sites is 1. The lowest BCUT2D eigenvalue weighted by Gasteiger charge is -2.18. The van der Waals surface area contributed by atoms with Crippen molar-refractivity contribution in [1.29, 1.82) is 0 Å². The Bertz CT molecular complexity index is 1320. The van der Waals surface area contributed by atoms with Gasteiger partial charge in [0.1, 0.15) is 11.4 Å². The molecule has 4 rings (SSSR count). The fourth-order valence-corrected chi connectivity index (χ4v) is 3.99. The third-order valence-corrected chi connectivity index (χ3v) is 6.09. The Morgan fingerprint density at radius 3 is 2.62 bits per heavy atom. The summed E-state index contributed by atoms with van der Waals surface area (Å²) in [5.74, 6) is 1.09. The molecule has 4 aromatic rings. The fraction of sp³-hybridized carbons (Fsp3) is 0.357. The Balaban J connectivity index is 1.29. The lowest BCUT2D eigenvalue weighted by atomic mass is 9.87. The summed E-state index contributed by atoms with van der Waals surface area (Å²) in [5.41, 5.74) is 8.63. The fourth-order valence-electron chi connectivity index (χ4n) is 3.99. The van der Waals surface area contributed by atoms with E-state index < -0.39 is 12.0 Å². The number of amides is 1. The molecule has 37 heavy (non-hydrogen) atoms. The van der Waals surface area contributed by atoms with Crippen molar-refractivity contribution in [3.05, 3.63) is 83.7 Å². The molecule has 2 aromatic heterocycles. The van der Waals surface area contributed by atoms with Crippen molar-refractivity contribution in [2.75, 3.05) is 0 Å². The number of nitrogens with zero attached hydrogens (tertiary/aromatic N) is 4. The van der Waals surface area contributed by atoms with Gasteiger partial charge < -0.3 is 24.7 Å². The van der Waals surface area contributed by atoms with Crippen LogP contribution >= 0.6 is 0 Å². The highest BCUT2D eigenvalue weighted by Gasteiger charge is 2.16. The Morgan fingerprint density at radius 2 is 1.92 bits per heavy atom. The van der Waals surface area contributed by atoms with Crippen LogP contribution in [-0.4, -0.2) is 36.8 Å². The number of carbonyl (C=O) groups is 1. The number of rotatable bonds is 11. The van der Waals surface area contributed by atoms with Gasteiger partial charge in [-0.1, -0.05) is 56.3 Å². The highest BCUT2D eigenvalue weighted by Crippen LogP contribution is 2.26. The number of nitrogens with two attached hydrogens (primary N) is 1. The van der Waals surface area contributed by atoms with Gasteiger partial charge in [0.25, 0.3) is 11.8 Å². The van der Waals surface area contributed by atoms with Crippen molar-refractivity contribution in [3.63, 3.8) is 0 Å². The topological polar surface area (TPSA) is 129 Å². The van der Waals surface area contributed by atoms with Crippen LogP contribution in [0.2, 0.25) is 0 Å². The van der Waals surface area contributed by atoms with E-state index in [2.05, 4.69) is 48.0 Å². The zero-order valence-corrected chi connectivity index (χ0v) is 21.4. The van der Waals surface area contributed by atoms with Gasteiger partial charge in [-0.2, -0.15) is 4.98 Å². The normalized spacial score (nSPS) is 12.4. The number of aromatic nitrogens is 4. The Kier molecular flexibility index (Phi) is 8.03. The molecular formula is C28H33N5O4. The summed E-state index contributed by atoms with van der Waals surface area (Å²) in [7, 11) is 0. The summed E-state index contributed by atoms with van der Waals surface area (Å²) in [5, 5.41) is 14.4. The van der Waals surface area contributed by atoms with E-state index in [1.165, 1.54) is 11.9 Å². The minimum Gasteiger partial charge on any atom is -0.485 e. The zero-order chi connectivity index (χ0) is 26.4. The van der Waals surface area contributed by atoms with Gasteiger partial charge in [-0.15, -0.1) is 0 Å². The summed E-state index contributed by atoms with van der Waals surface area (Å²) < 4.78 is 13.1. The summed E-state index contributed by atoms with van der Waals surface area (Å²) in [6.07, 6.45) is 4.55. The predicted octanol–water partition coefficient (Wildman–Crippen LogP) is 4.29. The SMILES string of the molecule is CC(C)(C)c1ccc(-c2nc(COc3ccccc3CCCC(O)Cn3cnc(C(N)=O)c3)no2)cc1. The number of benzene rings is 2. The van der Waals surface area contributed by atoms with E-state index in [0.29, 0.717) is 24.7 Å². The minimum absolute atomic E-state index is 0.0775. The number of imidazole rings is 1. The molecule has 1 unspecified atom stereocenters. The van der Waals surface area contributed by atoms with Crippen LogP contribution in [-0.2, 0) is 25.0 Å². The summed E-state index contributed by atoms with van der Waals surface area (Å²) >= 11 is 0. The quantitative estimate of drug-likeness (QED) is 0.312. The molecule has 194 valence electrons. The molecule has 0 spiro atoms. The average molecular weight is 504 g/mol. The first-order valence-electron chi connectivity index (χ1n) is 12.3. The van der Waals surface area contributed by atoms with Crippen molar-refractivity contribution >= 4 is 5.91 Å². The van der Waals surface area contributed by atoms with Crippen LogP contribution in [0.1, 0.15) is 61.1 Å². The Morgan fingerprint density at radius 1 is 1.16 bits per heavy atom. The maximum atomic E-state index is 11.2. The molecule has 0 aliphatic carbocycles. The Labute approximate surface area is 216 Å². The lowest BCUT2D eigenvalue weighted by molar-refractivity contribution is 0.0995. The molecule has 1 atom stereocenters. The first-order valence-corrected chi connectivity index (χ1v) is 12.3. The molecule has 0 fully saturated rings. The monoisotopic (exact) mass is 503 g/mol. The van der Waals surface area contributed by atoms with Crippen molar-refractivity contribution < 1.29 is 19.2 Å². The molecule has 2 heterocycles. The average Bonchev–Trinajstić information content (AvgIpc) is 3.53. The summed E-state index contributed by atoms with van der Waals surface area (Å²) in [6.45, 7) is 7.05. The van der Waals surface area contributed by atoms with E-state index in [1.807, 2.05) is 36.4 Å². The van der Waals surface area contributed by atoms with Gasteiger partial charge in [-0.3, -0.25) is 4.79 Å². The van der Waals surface area contributed by atoms with Gasteiger partial charge in [0.15, 0.2) is 6.61 Å². The number of ether oxygens (including phenoxy) is 1. The molecule has 0 aliphatic heterocycles. The van der Waals surface area contributed by atoms with Crippen LogP contribution in [0.5, 0.6) is 5.75 Å². The van der Waals surface area contributed by atoms with Crippen molar-refractivity contribution in [2.24, 2.45) is 5.73 Å². The van der Waals surface area contributed by atoms with Crippen LogP contribution in [0, 0.1) is 0 Å². The number of aliphatic hydroxyl groups is 1. The Hall–Kier alpha value is -3.98. The first-order chi connectivity index (χ1) is 17.7. The van der Waals surface area contributed by atoms with Crippen LogP contribution in [0.15, 0.2) is 65.6 Å². The van der Waals surface area contributed by atoms with Crippen LogP contribution in [0.3, 0.4) is 0 Å². The minimum atomic E-state index is -0.586. The van der Waals surface area contributed by atoms with Crippen molar-refractivity contribution in [1.82, 2.24) is 19.7 Å². The second-order valence-corrected chi connectivity index (χ2v) is 10.1. The maximum absolute atomic E-state index is 11.2. The van der Waals surface area contributed by atoms with E-state index in [-0.39, 0.29) is 17.7 Å². The molecule has 9 nitrogen and oxygen atoms in total. The van der Waals surface area contributed by atoms with Crippen LogP contribution in [0.25, 0.3) is 11.5 Å². The number of primary amides is 1. The second kappa shape index (κ2) is 11.4. The van der Waals surface area contributed by atoms with Gasteiger partial charge >= 0.3 is 0 Å². The number of hydrogen-bond donors (Lipinski definition) is 2. The predicted molar refractivity (Wildman–Crippen MR) is 139 cm³/mol. The van der Waals surface area contributed by atoms with E-state index >= 15 is 0 Å². The molecule has 2 aromatic carbocycles. The molecule has 9 heteroatoms. The standard InChI is InChI=1S/C28H33N5O4/c1-28(2,3)21-13-11-20(12-14-21)27-31-25(32-37-27)17-36-24-10-5-4-7-19(24)8-6-9-22(34)15-33-16-23(26(29)35)30-18-33/h4-5,7,10-14,16,18,22,34H,6,8-9,15,17H2,1-3H3,(H2,29,35). The molecule has 3 N–H and O–H groups in total. The largest absolute Gasteiger partial charge is 0.485 e. The lowest BCUT2D eigenvalue weighted by Crippen LogP contribution is -2.15. The van der Waals surface area contributed by atoms with Crippen molar-refractivity contribution in [3.8, 4) is 17.2 Å². The van der Waals surface area contributed by atoms with Gasteiger partial charge in [-0.05, 0) is 54.0 Å². The summed E-state index contributed by atoms with van der Waals surface area (Å²) in [6, 6.07) is 15.9. The number of aliphatic hydroxyl groups excluding tert-OH is 1. The smallest absolute Gasteiger partial charge is 0.268 e. The van der Waals surface area contributed by atoms with Gasteiger partial charge in [0.05, 0.1) is 12.4 Å². The number of hydrogen-bond acceptors (Lipinski definition) is 7. The first kappa shape index (κ1) is 26.1. The molecule has 0 saturated carbocycles. The highest BCUT2D eigenvalue weighted by molar-refractivity contribution is 5.90. The zero-order valence-electron chi connectivity index (χ0n) is 21.4. The second-order valence-electron chi connectivity index (χ2n) is 10.1. The highest BCUT2D eigenvalue weighted by atomic mass is 16.5. The van der Waals surface area contributed by atoms with E-state index in [9.17, 15) is 9.90 Å². The van der Waals surface area contributed by atoms with Crippen LogP contribution in [0.4, 0.5) is 0 Å². The van der Waals surface area contributed by atoms with Crippen molar-refractivity contribution in [2.45, 2.75) is 64.7 Å². The van der Waals surface area contributed by atoms with E-state index in [4.69, 9.17) is 15.0 Å². The number of carbonyl (C=O) groups excluding carboxylic acids is 1. The van der Waals surface area contributed by atoms with Crippen LogP contribution < -0.4 is 10.5 Å². The number of aryl methyl sites for hydroxylation is 1. The molecule has 0 radical (unpaired) electrons. The maximum Gasteiger partial charge on any atom is 0.268 e. The van der Waals surface area contributed by atoms with E-state index in [1.54, 1.807) is 10.8 Å².